The maximum atomic E-state index is 5.34. The number of nitrogens with zero attached hydrogens (tertiary/aromatic N) is 2. The van der Waals surface area contributed by atoms with Gasteiger partial charge in [0, 0.05) is 22.4 Å². The fourth-order valence-electron chi connectivity index (χ4n) is 4.63. The highest BCUT2D eigenvalue weighted by atomic mass is 15.1. The molecule has 5 aromatic carbocycles. The van der Waals surface area contributed by atoms with Crippen LogP contribution in [-0.2, 0) is 0 Å². The van der Waals surface area contributed by atoms with Crippen molar-refractivity contribution in [3.63, 3.8) is 0 Å². The summed E-state index contributed by atoms with van der Waals surface area (Å²) in [6.45, 7) is 2.12. The minimum Gasteiger partial charge on any atom is -0.292 e. The van der Waals surface area contributed by atoms with Crippen LogP contribution >= 0.6 is 0 Å². The Bertz CT molecular complexity index is 1570. The van der Waals surface area contributed by atoms with Gasteiger partial charge in [0.25, 0.3) is 0 Å². The van der Waals surface area contributed by atoms with Crippen LogP contribution in [0, 0.1) is 6.92 Å². The van der Waals surface area contributed by atoms with Gasteiger partial charge in [0.2, 0.25) is 0 Å². The first-order chi connectivity index (χ1) is 16.8. The van der Waals surface area contributed by atoms with E-state index >= 15 is 0 Å². The minimum atomic E-state index is 0.943. The Morgan fingerprint density at radius 2 is 1.18 bits per heavy atom. The Kier molecular flexibility index (Phi) is 5.04. The highest BCUT2D eigenvalue weighted by Crippen LogP contribution is 2.40. The van der Waals surface area contributed by atoms with Crippen molar-refractivity contribution in [2.45, 2.75) is 6.92 Å². The highest BCUT2D eigenvalue weighted by molar-refractivity contribution is 5.97. The van der Waals surface area contributed by atoms with E-state index in [0.29, 0.717) is 0 Å². The van der Waals surface area contributed by atoms with E-state index in [4.69, 9.17) is 4.98 Å². The summed E-state index contributed by atoms with van der Waals surface area (Å²) in [5.41, 5.74) is 7.78. The molecule has 0 saturated heterocycles. The number of hydrogen-bond acceptors (Lipinski definition) is 1. The van der Waals surface area contributed by atoms with E-state index in [0.717, 1.165) is 39.6 Å². The third-order valence-corrected chi connectivity index (χ3v) is 6.29. The van der Waals surface area contributed by atoms with Crippen LogP contribution < -0.4 is 0 Å². The number of fused-ring (bicyclic) bond motifs is 1. The van der Waals surface area contributed by atoms with Crippen molar-refractivity contribution in [3.8, 4) is 39.6 Å². The Labute approximate surface area is 199 Å². The molecule has 1 aromatic heterocycles. The van der Waals surface area contributed by atoms with Gasteiger partial charge < -0.3 is 0 Å². The van der Waals surface area contributed by atoms with E-state index in [2.05, 4.69) is 133 Å². The first-order valence-corrected chi connectivity index (χ1v) is 11.6. The Hall–Kier alpha value is -4.43. The van der Waals surface area contributed by atoms with Crippen LogP contribution in [0.1, 0.15) is 5.56 Å². The summed E-state index contributed by atoms with van der Waals surface area (Å²) >= 11 is 0. The fraction of sp³-hybridized carbons (Fsp3) is 0.0312. The van der Waals surface area contributed by atoms with Gasteiger partial charge in [-0.05, 0) is 29.8 Å². The first-order valence-electron chi connectivity index (χ1n) is 11.6. The monoisotopic (exact) mass is 436 g/mol. The number of aromatic nitrogens is 2. The standard InChI is InChI=1S/C32H24N2/c1-23-19-21-27(22-20-23)34-31(26-14-6-3-7-15-26)30(25-12-4-2-5-13-25)33-32(34)29-18-10-16-24-11-8-9-17-28(24)29/h2-22H,1H3. The summed E-state index contributed by atoms with van der Waals surface area (Å²) in [5, 5.41) is 2.41. The predicted octanol–water partition coefficient (Wildman–Crippen LogP) is 8.33. The van der Waals surface area contributed by atoms with E-state index in [1.54, 1.807) is 0 Å². The van der Waals surface area contributed by atoms with Crippen molar-refractivity contribution in [1.82, 2.24) is 9.55 Å². The third kappa shape index (κ3) is 3.50. The molecule has 0 aliphatic rings. The van der Waals surface area contributed by atoms with Crippen molar-refractivity contribution in [2.24, 2.45) is 0 Å². The normalized spacial score (nSPS) is 11.1. The summed E-state index contributed by atoms with van der Waals surface area (Å²) in [7, 11) is 0. The molecule has 0 radical (unpaired) electrons. The van der Waals surface area contributed by atoms with Crippen LogP contribution in [0.25, 0.3) is 50.4 Å². The summed E-state index contributed by atoms with van der Waals surface area (Å²) < 4.78 is 2.32. The molecular formula is C32H24N2. The van der Waals surface area contributed by atoms with Gasteiger partial charge in [-0.25, -0.2) is 4.98 Å². The van der Waals surface area contributed by atoms with Crippen LogP contribution in [0.3, 0.4) is 0 Å². The minimum absolute atomic E-state index is 0.943. The quantitative estimate of drug-likeness (QED) is 0.271. The molecule has 0 aliphatic carbocycles. The lowest BCUT2D eigenvalue weighted by atomic mass is 10.0. The van der Waals surface area contributed by atoms with Crippen LogP contribution in [0.15, 0.2) is 127 Å². The molecule has 0 unspecified atom stereocenters. The zero-order chi connectivity index (χ0) is 22.9. The Morgan fingerprint density at radius 1 is 0.559 bits per heavy atom. The Morgan fingerprint density at radius 3 is 1.91 bits per heavy atom. The molecular weight excluding hydrogens is 412 g/mol. The first kappa shape index (κ1) is 20.2. The second-order valence-corrected chi connectivity index (χ2v) is 8.56. The lowest BCUT2D eigenvalue weighted by Gasteiger charge is -2.15. The predicted molar refractivity (Wildman–Crippen MR) is 142 cm³/mol. The molecule has 6 aromatic rings. The van der Waals surface area contributed by atoms with Crippen LogP contribution in [-0.4, -0.2) is 9.55 Å². The molecule has 34 heavy (non-hydrogen) atoms. The third-order valence-electron chi connectivity index (χ3n) is 6.29. The largest absolute Gasteiger partial charge is 0.292 e. The van der Waals surface area contributed by atoms with Gasteiger partial charge in [0.15, 0.2) is 0 Å². The van der Waals surface area contributed by atoms with Gasteiger partial charge in [-0.2, -0.15) is 0 Å². The maximum absolute atomic E-state index is 5.34. The molecule has 162 valence electrons. The summed E-state index contributed by atoms with van der Waals surface area (Å²) in [6.07, 6.45) is 0. The SMILES string of the molecule is Cc1ccc(-n2c(-c3cccc4ccccc34)nc(-c3ccccc3)c2-c2ccccc2)cc1. The van der Waals surface area contributed by atoms with E-state index < -0.39 is 0 Å². The molecule has 6 rings (SSSR count). The van der Waals surface area contributed by atoms with Gasteiger partial charge in [-0.3, -0.25) is 4.57 Å². The lowest BCUT2D eigenvalue weighted by molar-refractivity contribution is 1.07. The molecule has 0 N–H and O–H groups in total. The van der Waals surface area contributed by atoms with Crippen molar-refractivity contribution in [1.29, 1.82) is 0 Å². The topological polar surface area (TPSA) is 17.8 Å². The molecule has 1 heterocycles. The average molecular weight is 437 g/mol. The van der Waals surface area contributed by atoms with Crippen molar-refractivity contribution >= 4 is 10.8 Å². The lowest BCUT2D eigenvalue weighted by Crippen LogP contribution is -2.01. The number of imidazole rings is 1. The van der Waals surface area contributed by atoms with Crippen LogP contribution in [0.4, 0.5) is 0 Å². The van der Waals surface area contributed by atoms with Gasteiger partial charge in [0.05, 0.1) is 11.4 Å². The maximum Gasteiger partial charge on any atom is 0.146 e. The summed E-state index contributed by atoms with van der Waals surface area (Å²) in [4.78, 5) is 5.34. The van der Waals surface area contributed by atoms with Gasteiger partial charge >= 0.3 is 0 Å². The second kappa shape index (κ2) is 8.49. The van der Waals surface area contributed by atoms with Crippen molar-refractivity contribution in [3.05, 3.63) is 133 Å². The molecule has 2 nitrogen and oxygen atoms in total. The zero-order valence-electron chi connectivity index (χ0n) is 19.0. The molecule has 0 atom stereocenters. The number of aryl methyl sites for hydroxylation is 1. The van der Waals surface area contributed by atoms with E-state index in [-0.39, 0.29) is 0 Å². The number of rotatable bonds is 4. The van der Waals surface area contributed by atoms with E-state index in [9.17, 15) is 0 Å². The van der Waals surface area contributed by atoms with E-state index in [1.165, 1.54) is 16.3 Å². The molecule has 0 fully saturated rings. The molecule has 2 heteroatoms. The van der Waals surface area contributed by atoms with Gasteiger partial charge in [-0.1, -0.05) is 121 Å². The zero-order valence-corrected chi connectivity index (χ0v) is 19.0. The molecule has 0 bridgehead atoms. The smallest absolute Gasteiger partial charge is 0.146 e. The molecule has 0 spiro atoms. The molecule has 0 amide bonds. The number of benzene rings is 5. The van der Waals surface area contributed by atoms with Crippen molar-refractivity contribution < 1.29 is 0 Å². The van der Waals surface area contributed by atoms with Crippen LogP contribution in [0.2, 0.25) is 0 Å². The van der Waals surface area contributed by atoms with Crippen LogP contribution in [0.5, 0.6) is 0 Å². The molecule has 0 saturated carbocycles. The molecule has 0 aliphatic heterocycles. The van der Waals surface area contributed by atoms with E-state index in [1.807, 2.05) is 6.07 Å². The Balaban J connectivity index is 1.75. The van der Waals surface area contributed by atoms with Gasteiger partial charge in [-0.15, -0.1) is 0 Å². The summed E-state index contributed by atoms with van der Waals surface area (Å²) in [6, 6.07) is 44.8. The second-order valence-electron chi connectivity index (χ2n) is 8.56. The number of hydrogen-bond donors (Lipinski definition) is 0. The van der Waals surface area contributed by atoms with Gasteiger partial charge in [0.1, 0.15) is 5.82 Å². The average Bonchev–Trinajstić information content (AvgIpc) is 3.30. The highest BCUT2D eigenvalue weighted by Gasteiger charge is 2.23. The fourth-order valence-corrected chi connectivity index (χ4v) is 4.63. The van der Waals surface area contributed by atoms with Crippen molar-refractivity contribution in [2.75, 3.05) is 0 Å². The summed E-state index contributed by atoms with van der Waals surface area (Å²) in [5.74, 6) is 0.943.